The molecule has 4 rings (SSSR count). The lowest BCUT2D eigenvalue weighted by molar-refractivity contribution is 0.0600. The van der Waals surface area contributed by atoms with Crippen molar-refractivity contribution in [3.63, 3.8) is 0 Å². The average molecular weight is 319 g/mol. The van der Waals surface area contributed by atoms with Gasteiger partial charge in [0.1, 0.15) is 5.75 Å². The summed E-state index contributed by atoms with van der Waals surface area (Å²) in [5.74, 6) is 0.592. The molecular weight excluding hydrogens is 302 g/mol. The minimum atomic E-state index is -0.333. The van der Waals surface area contributed by atoms with Gasteiger partial charge in [0.2, 0.25) is 0 Å². The van der Waals surface area contributed by atoms with Crippen molar-refractivity contribution in [2.75, 3.05) is 18.7 Å². The van der Waals surface area contributed by atoms with Crippen molar-refractivity contribution in [3.8, 4) is 5.75 Å². The van der Waals surface area contributed by atoms with E-state index in [2.05, 4.69) is 23.1 Å². The molecule has 0 fully saturated rings. The van der Waals surface area contributed by atoms with Crippen molar-refractivity contribution in [3.05, 3.63) is 71.8 Å². The first-order chi connectivity index (χ1) is 11.8. The molecule has 3 aromatic carbocycles. The highest BCUT2D eigenvalue weighted by Crippen LogP contribution is 2.34. The molecular formula is C20H17NO3. The van der Waals surface area contributed by atoms with Crippen LogP contribution in [0, 0.1) is 0 Å². The molecule has 3 aromatic rings. The zero-order chi connectivity index (χ0) is 16.5. The van der Waals surface area contributed by atoms with E-state index >= 15 is 0 Å². The Labute approximate surface area is 140 Å². The molecule has 1 aliphatic rings. The van der Waals surface area contributed by atoms with Crippen molar-refractivity contribution in [1.29, 1.82) is 0 Å². The van der Waals surface area contributed by atoms with Crippen LogP contribution in [-0.2, 0) is 11.3 Å². The number of fused-ring (bicyclic) bond motifs is 3. The molecule has 0 bridgehead atoms. The van der Waals surface area contributed by atoms with Crippen LogP contribution in [0.2, 0.25) is 0 Å². The molecule has 1 heterocycles. The molecule has 0 amide bonds. The van der Waals surface area contributed by atoms with Gasteiger partial charge in [0.15, 0.2) is 6.73 Å². The van der Waals surface area contributed by atoms with Crippen molar-refractivity contribution >= 4 is 22.4 Å². The number of esters is 1. The topological polar surface area (TPSA) is 38.8 Å². The van der Waals surface area contributed by atoms with E-state index in [4.69, 9.17) is 9.47 Å². The van der Waals surface area contributed by atoms with E-state index in [0.717, 1.165) is 18.0 Å². The van der Waals surface area contributed by atoms with Crippen LogP contribution in [0.15, 0.2) is 60.7 Å². The first-order valence-electron chi connectivity index (χ1n) is 7.83. The number of carbonyl (C=O) groups excluding carboxylic acids is 1. The smallest absolute Gasteiger partial charge is 0.337 e. The molecule has 120 valence electrons. The number of anilines is 1. The molecule has 0 aromatic heterocycles. The van der Waals surface area contributed by atoms with E-state index < -0.39 is 0 Å². The summed E-state index contributed by atoms with van der Waals surface area (Å²) < 4.78 is 10.7. The quantitative estimate of drug-likeness (QED) is 0.670. The Morgan fingerprint density at radius 1 is 1.08 bits per heavy atom. The van der Waals surface area contributed by atoms with E-state index in [1.165, 1.54) is 23.4 Å². The van der Waals surface area contributed by atoms with Crippen LogP contribution >= 0.6 is 0 Å². The second kappa shape index (κ2) is 5.89. The van der Waals surface area contributed by atoms with Gasteiger partial charge in [-0.05, 0) is 35.0 Å². The lowest BCUT2D eigenvalue weighted by Crippen LogP contribution is -2.32. The zero-order valence-corrected chi connectivity index (χ0v) is 13.4. The molecule has 0 saturated carbocycles. The number of benzene rings is 3. The fourth-order valence-electron chi connectivity index (χ4n) is 3.11. The number of rotatable bonds is 2. The lowest BCUT2D eigenvalue weighted by atomic mass is 10.0. The normalized spacial score (nSPS) is 13.3. The van der Waals surface area contributed by atoms with Gasteiger partial charge in [-0.1, -0.05) is 36.4 Å². The molecule has 4 heteroatoms. The van der Waals surface area contributed by atoms with Crippen molar-refractivity contribution in [2.24, 2.45) is 0 Å². The minimum Gasteiger partial charge on any atom is -0.473 e. The van der Waals surface area contributed by atoms with E-state index in [-0.39, 0.29) is 5.97 Å². The van der Waals surface area contributed by atoms with Gasteiger partial charge >= 0.3 is 5.97 Å². The third-order valence-electron chi connectivity index (χ3n) is 4.35. The second-order valence-corrected chi connectivity index (χ2v) is 5.78. The number of carbonyl (C=O) groups is 1. The molecule has 0 atom stereocenters. The molecule has 0 N–H and O–H groups in total. The molecule has 0 spiro atoms. The number of methoxy groups -OCH3 is 1. The zero-order valence-electron chi connectivity index (χ0n) is 13.4. The number of hydrogen-bond acceptors (Lipinski definition) is 4. The van der Waals surface area contributed by atoms with Gasteiger partial charge in [0.05, 0.1) is 19.2 Å². The van der Waals surface area contributed by atoms with Crippen LogP contribution in [-0.4, -0.2) is 19.8 Å². The highest BCUT2D eigenvalue weighted by Gasteiger charge is 2.20. The summed E-state index contributed by atoms with van der Waals surface area (Å²) in [6.45, 7) is 1.19. The summed E-state index contributed by atoms with van der Waals surface area (Å²) in [5.41, 5.74) is 2.65. The molecule has 0 unspecified atom stereocenters. The highest BCUT2D eigenvalue weighted by molar-refractivity contribution is 5.91. The minimum absolute atomic E-state index is 0.333. The van der Waals surface area contributed by atoms with Gasteiger partial charge in [-0.25, -0.2) is 4.79 Å². The maximum atomic E-state index is 11.7. The standard InChI is InChI=1S/C20H17NO3/c1-23-20(22)15-6-4-7-16(11-15)21-12-18-17-8-3-2-5-14(17)9-10-19(18)24-13-21/h2-11H,12-13H2,1H3. The van der Waals surface area contributed by atoms with Gasteiger partial charge in [0.25, 0.3) is 0 Å². The maximum absolute atomic E-state index is 11.7. The molecule has 24 heavy (non-hydrogen) atoms. The fraction of sp³-hybridized carbons (Fsp3) is 0.150. The Morgan fingerprint density at radius 2 is 1.96 bits per heavy atom. The van der Waals surface area contributed by atoms with E-state index in [1.807, 2.05) is 36.4 Å². The summed E-state index contributed by atoms with van der Waals surface area (Å²) in [7, 11) is 1.39. The third-order valence-corrected chi connectivity index (χ3v) is 4.35. The van der Waals surface area contributed by atoms with Gasteiger partial charge in [0, 0.05) is 11.3 Å². The first kappa shape index (κ1) is 14.6. The Morgan fingerprint density at radius 3 is 2.83 bits per heavy atom. The third kappa shape index (κ3) is 2.46. The number of ether oxygens (including phenoxy) is 2. The predicted octanol–water partition coefficient (Wildman–Crippen LogP) is 3.98. The SMILES string of the molecule is COC(=O)c1cccc(N2COc3ccc4ccccc4c3C2)c1. The fourth-order valence-corrected chi connectivity index (χ4v) is 3.11. The first-order valence-corrected chi connectivity index (χ1v) is 7.83. The Kier molecular flexibility index (Phi) is 3.58. The summed E-state index contributed by atoms with van der Waals surface area (Å²) in [6.07, 6.45) is 0. The van der Waals surface area contributed by atoms with Gasteiger partial charge in [-0.15, -0.1) is 0 Å². The van der Waals surface area contributed by atoms with Crippen molar-refractivity contribution < 1.29 is 14.3 Å². The van der Waals surface area contributed by atoms with Crippen LogP contribution in [0.4, 0.5) is 5.69 Å². The average Bonchev–Trinajstić information content (AvgIpc) is 2.67. The second-order valence-electron chi connectivity index (χ2n) is 5.78. The van der Waals surface area contributed by atoms with Crippen LogP contribution in [0.3, 0.4) is 0 Å². The molecule has 0 aliphatic carbocycles. The summed E-state index contributed by atoms with van der Waals surface area (Å²) in [6, 6.07) is 19.8. The molecule has 4 nitrogen and oxygen atoms in total. The van der Waals surface area contributed by atoms with E-state index in [9.17, 15) is 4.79 Å². The van der Waals surface area contributed by atoms with E-state index in [1.54, 1.807) is 6.07 Å². The van der Waals surface area contributed by atoms with E-state index in [0.29, 0.717) is 12.3 Å². The summed E-state index contributed by atoms with van der Waals surface area (Å²) in [4.78, 5) is 13.9. The molecule has 0 saturated heterocycles. The summed E-state index contributed by atoms with van der Waals surface area (Å²) in [5, 5.41) is 2.40. The number of hydrogen-bond donors (Lipinski definition) is 0. The Bertz CT molecular complexity index is 920. The van der Waals surface area contributed by atoms with Crippen LogP contribution < -0.4 is 9.64 Å². The molecule has 0 radical (unpaired) electrons. The predicted molar refractivity (Wildman–Crippen MR) is 93.4 cm³/mol. The van der Waals surface area contributed by atoms with Gasteiger partial charge in [-0.3, -0.25) is 0 Å². The maximum Gasteiger partial charge on any atom is 0.337 e. The highest BCUT2D eigenvalue weighted by atomic mass is 16.5. The van der Waals surface area contributed by atoms with Gasteiger partial charge in [-0.2, -0.15) is 0 Å². The van der Waals surface area contributed by atoms with Crippen LogP contribution in [0.1, 0.15) is 15.9 Å². The molecule has 1 aliphatic heterocycles. The van der Waals surface area contributed by atoms with Crippen molar-refractivity contribution in [1.82, 2.24) is 0 Å². The van der Waals surface area contributed by atoms with Crippen LogP contribution in [0.25, 0.3) is 10.8 Å². The summed E-state index contributed by atoms with van der Waals surface area (Å²) >= 11 is 0. The largest absolute Gasteiger partial charge is 0.473 e. The Balaban J connectivity index is 1.72. The lowest BCUT2D eigenvalue weighted by Gasteiger charge is -2.31. The van der Waals surface area contributed by atoms with Gasteiger partial charge < -0.3 is 14.4 Å². The van der Waals surface area contributed by atoms with Crippen LogP contribution in [0.5, 0.6) is 5.75 Å². The Hall–Kier alpha value is -3.01. The number of nitrogens with zero attached hydrogens (tertiary/aromatic N) is 1. The monoisotopic (exact) mass is 319 g/mol. The van der Waals surface area contributed by atoms with Crippen molar-refractivity contribution in [2.45, 2.75) is 6.54 Å².